The van der Waals surface area contributed by atoms with E-state index in [0.717, 1.165) is 4.90 Å². The molecule has 1 aromatic rings. The number of hydrogen-bond acceptors (Lipinski definition) is 3. The molecular formula is C14H21NO3S. The molecule has 0 spiro atoms. The normalized spacial score (nSPS) is 13.9. The van der Waals surface area contributed by atoms with Crippen molar-refractivity contribution in [3.05, 3.63) is 30.3 Å². The molecule has 2 atom stereocenters. The average Bonchev–Trinajstić information content (AvgIpc) is 2.39. The van der Waals surface area contributed by atoms with Gasteiger partial charge in [0.05, 0.1) is 17.4 Å². The third-order valence-corrected chi connectivity index (χ3v) is 4.18. The van der Waals surface area contributed by atoms with Crippen LogP contribution in [-0.4, -0.2) is 28.7 Å². The van der Waals surface area contributed by atoms with E-state index in [0.29, 0.717) is 12.4 Å². The number of benzene rings is 1. The van der Waals surface area contributed by atoms with Crippen LogP contribution < -0.4 is 5.32 Å². The van der Waals surface area contributed by atoms with E-state index in [1.54, 1.807) is 6.92 Å². The van der Waals surface area contributed by atoms with Crippen LogP contribution in [0.1, 0.15) is 20.8 Å². The molecule has 5 heteroatoms. The van der Waals surface area contributed by atoms with Gasteiger partial charge in [0.2, 0.25) is 0 Å². The number of hydrogen-bond donors (Lipinski definition) is 1. The van der Waals surface area contributed by atoms with E-state index in [2.05, 4.69) is 5.32 Å². The van der Waals surface area contributed by atoms with Crippen LogP contribution >= 0.6 is 0 Å². The lowest BCUT2D eigenvalue weighted by molar-refractivity contribution is 0.146. The quantitative estimate of drug-likeness (QED) is 0.873. The number of nitrogens with one attached hydrogen (secondary N) is 1. The van der Waals surface area contributed by atoms with Crippen LogP contribution in [0.15, 0.2) is 35.2 Å². The third-order valence-electron chi connectivity index (χ3n) is 2.72. The first-order valence-electron chi connectivity index (χ1n) is 6.41. The Morgan fingerprint density at radius 2 is 1.95 bits per heavy atom. The molecule has 0 unspecified atom stereocenters. The number of carbonyl (C=O) groups excluding carboxylic acids is 1. The Morgan fingerprint density at radius 3 is 2.47 bits per heavy atom. The van der Waals surface area contributed by atoms with Crippen LogP contribution in [0.25, 0.3) is 0 Å². The van der Waals surface area contributed by atoms with E-state index in [4.69, 9.17) is 4.74 Å². The number of amides is 1. The van der Waals surface area contributed by atoms with Crippen molar-refractivity contribution in [3.8, 4) is 0 Å². The van der Waals surface area contributed by atoms with Crippen LogP contribution in [0.3, 0.4) is 0 Å². The van der Waals surface area contributed by atoms with Gasteiger partial charge in [-0.05, 0) is 25.0 Å². The molecule has 0 radical (unpaired) electrons. The van der Waals surface area contributed by atoms with Gasteiger partial charge in [-0.3, -0.25) is 4.21 Å². The standard InChI is InChI=1S/C14H21NO3S/c1-4-18-14(16)15-13(11(2)3)10-19(17)12-8-6-5-7-9-12/h5-9,11,13H,4,10H2,1-3H3,(H,15,16)/t13-,19+/m1/s1. The molecule has 1 amide bonds. The number of carbonyl (C=O) groups is 1. The van der Waals surface area contributed by atoms with Gasteiger partial charge < -0.3 is 10.1 Å². The van der Waals surface area contributed by atoms with E-state index in [1.165, 1.54) is 0 Å². The summed E-state index contributed by atoms with van der Waals surface area (Å²) in [7, 11) is -1.12. The Kier molecular flexibility index (Phi) is 6.56. The summed E-state index contributed by atoms with van der Waals surface area (Å²) in [6.45, 7) is 6.06. The minimum absolute atomic E-state index is 0.167. The van der Waals surface area contributed by atoms with Gasteiger partial charge in [-0.15, -0.1) is 0 Å². The van der Waals surface area contributed by atoms with Gasteiger partial charge in [0.25, 0.3) is 0 Å². The molecule has 0 aliphatic carbocycles. The molecule has 0 aliphatic rings. The molecule has 1 rings (SSSR count). The van der Waals surface area contributed by atoms with E-state index < -0.39 is 16.9 Å². The van der Waals surface area contributed by atoms with E-state index >= 15 is 0 Å². The minimum Gasteiger partial charge on any atom is -0.450 e. The maximum absolute atomic E-state index is 12.2. The van der Waals surface area contributed by atoms with Crippen molar-refractivity contribution in [1.82, 2.24) is 5.32 Å². The summed E-state index contributed by atoms with van der Waals surface area (Å²) in [5, 5.41) is 2.76. The van der Waals surface area contributed by atoms with Crippen LogP contribution in [-0.2, 0) is 15.5 Å². The fourth-order valence-electron chi connectivity index (χ4n) is 1.56. The predicted octanol–water partition coefficient (Wildman–Crippen LogP) is 2.56. The minimum atomic E-state index is -1.12. The summed E-state index contributed by atoms with van der Waals surface area (Å²) in [5.41, 5.74) is 0. The van der Waals surface area contributed by atoms with Gasteiger partial charge in [-0.2, -0.15) is 0 Å². The topological polar surface area (TPSA) is 55.4 Å². The van der Waals surface area contributed by atoms with Crippen LogP contribution in [0.5, 0.6) is 0 Å². The van der Waals surface area contributed by atoms with Crippen LogP contribution in [0.4, 0.5) is 4.79 Å². The molecule has 106 valence electrons. The van der Waals surface area contributed by atoms with E-state index in [9.17, 15) is 9.00 Å². The molecule has 0 fully saturated rings. The fraction of sp³-hybridized carbons (Fsp3) is 0.500. The Labute approximate surface area is 117 Å². The van der Waals surface area contributed by atoms with Crippen molar-refractivity contribution < 1.29 is 13.7 Å². The SMILES string of the molecule is CCOC(=O)N[C@H](C[S@](=O)c1ccccc1)C(C)C. The van der Waals surface area contributed by atoms with Crippen molar-refractivity contribution in [3.63, 3.8) is 0 Å². The molecule has 0 heterocycles. The second-order valence-electron chi connectivity index (χ2n) is 4.54. The summed E-state index contributed by atoms with van der Waals surface area (Å²) in [6, 6.07) is 9.10. The Hall–Kier alpha value is -1.36. The molecular weight excluding hydrogens is 262 g/mol. The first-order valence-corrected chi connectivity index (χ1v) is 7.73. The van der Waals surface area contributed by atoms with Gasteiger partial charge in [0, 0.05) is 16.7 Å². The van der Waals surface area contributed by atoms with Gasteiger partial charge in [-0.1, -0.05) is 32.0 Å². The van der Waals surface area contributed by atoms with Gasteiger partial charge in [0.1, 0.15) is 0 Å². The monoisotopic (exact) mass is 283 g/mol. The predicted molar refractivity (Wildman–Crippen MR) is 76.5 cm³/mol. The largest absolute Gasteiger partial charge is 0.450 e. The molecule has 0 saturated carbocycles. The molecule has 1 aromatic carbocycles. The first kappa shape index (κ1) is 15.7. The van der Waals surface area contributed by atoms with Crippen molar-refractivity contribution in [2.45, 2.75) is 31.7 Å². The number of alkyl carbamates (subject to hydrolysis) is 1. The Balaban J connectivity index is 2.64. The van der Waals surface area contributed by atoms with Crippen molar-refractivity contribution in [1.29, 1.82) is 0 Å². The zero-order valence-electron chi connectivity index (χ0n) is 11.6. The molecule has 0 saturated heterocycles. The van der Waals surface area contributed by atoms with Gasteiger partial charge in [0.15, 0.2) is 0 Å². The van der Waals surface area contributed by atoms with Crippen molar-refractivity contribution >= 4 is 16.9 Å². The zero-order valence-corrected chi connectivity index (χ0v) is 12.4. The lowest BCUT2D eigenvalue weighted by atomic mass is 10.1. The summed E-state index contributed by atoms with van der Waals surface area (Å²) in [5.74, 6) is 0.581. The van der Waals surface area contributed by atoms with E-state index in [1.807, 2.05) is 44.2 Å². The Morgan fingerprint density at radius 1 is 1.32 bits per heavy atom. The molecule has 19 heavy (non-hydrogen) atoms. The van der Waals surface area contributed by atoms with Gasteiger partial charge >= 0.3 is 6.09 Å². The molecule has 0 aromatic heterocycles. The number of ether oxygens (including phenoxy) is 1. The highest BCUT2D eigenvalue weighted by atomic mass is 32.2. The van der Waals surface area contributed by atoms with Crippen molar-refractivity contribution in [2.24, 2.45) is 5.92 Å². The lowest BCUT2D eigenvalue weighted by Gasteiger charge is -2.21. The lowest BCUT2D eigenvalue weighted by Crippen LogP contribution is -2.42. The average molecular weight is 283 g/mol. The summed E-state index contributed by atoms with van der Waals surface area (Å²) < 4.78 is 17.1. The highest BCUT2D eigenvalue weighted by molar-refractivity contribution is 7.85. The second kappa shape index (κ2) is 7.94. The Bertz CT molecular complexity index is 420. The maximum Gasteiger partial charge on any atom is 0.407 e. The molecule has 4 nitrogen and oxygen atoms in total. The second-order valence-corrected chi connectivity index (χ2v) is 6.04. The molecule has 1 N–H and O–H groups in total. The number of rotatable bonds is 6. The molecule has 0 bridgehead atoms. The van der Waals surface area contributed by atoms with E-state index in [-0.39, 0.29) is 12.0 Å². The highest BCUT2D eigenvalue weighted by Crippen LogP contribution is 2.11. The van der Waals surface area contributed by atoms with Crippen molar-refractivity contribution in [2.75, 3.05) is 12.4 Å². The maximum atomic E-state index is 12.2. The molecule has 0 aliphatic heterocycles. The van der Waals surface area contributed by atoms with Crippen LogP contribution in [0, 0.1) is 5.92 Å². The van der Waals surface area contributed by atoms with Crippen LogP contribution in [0.2, 0.25) is 0 Å². The third kappa shape index (κ3) is 5.42. The highest BCUT2D eigenvalue weighted by Gasteiger charge is 2.20. The first-order chi connectivity index (χ1) is 9.04. The zero-order chi connectivity index (χ0) is 14.3. The summed E-state index contributed by atoms with van der Waals surface area (Å²) in [6.07, 6.45) is -0.453. The summed E-state index contributed by atoms with van der Waals surface area (Å²) >= 11 is 0. The smallest absolute Gasteiger partial charge is 0.407 e. The fourth-order valence-corrected chi connectivity index (χ4v) is 3.00. The van der Waals surface area contributed by atoms with Gasteiger partial charge in [-0.25, -0.2) is 4.79 Å². The summed E-state index contributed by atoms with van der Waals surface area (Å²) in [4.78, 5) is 12.2.